The molecule has 1 saturated heterocycles. The number of methoxy groups -OCH3 is 1. The summed E-state index contributed by atoms with van der Waals surface area (Å²) in [6.07, 6.45) is -4.08. The summed E-state index contributed by atoms with van der Waals surface area (Å²) in [5.74, 6) is -3.88. The number of nitriles is 1. The molecule has 5 rings (SSSR count). The van der Waals surface area contributed by atoms with E-state index >= 15 is 0 Å². The number of hydrogen-bond acceptors (Lipinski definition) is 9. The molecule has 1 aromatic heterocycles. The van der Waals surface area contributed by atoms with E-state index < -0.39 is 72.6 Å². The maximum absolute atomic E-state index is 14.7. The number of aliphatic hydroxyl groups excluding tert-OH is 3. The Bertz CT molecular complexity index is 1550. The summed E-state index contributed by atoms with van der Waals surface area (Å²) in [7, 11) is 1.25. The summed E-state index contributed by atoms with van der Waals surface area (Å²) < 4.78 is 56.0. The first-order valence-corrected chi connectivity index (χ1v) is 14.1. The number of hydrogen-bond donors (Lipinski definition) is 3. The maximum Gasteiger partial charge on any atom is 0.259 e. The Morgan fingerprint density at radius 2 is 2.00 bits per heavy atom. The zero-order valence-electron chi connectivity index (χ0n) is 22.6. The van der Waals surface area contributed by atoms with E-state index in [0.29, 0.717) is 19.3 Å². The van der Waals surface area contributed by atoms with Crippen molar-refractivity contribution in [2.45, 2.75) is 61.9 Å². The van der Waals surface area contributed by atoms with Gasteiger partial charge in [0.25, 0.3) is 5.91 Å². The second-order valence-electron chi connectivity index (χ2n) is 10.3. The first-order valence-electron chi connectivity index (χ1n) is 13.3. The lowest BCUT2D eigenvalue weighted by Gasteiger charge is -2.45. The molecule has 15 heteroatoms. The van der Waals surface area contributed by atoms with Gasteiger partial charge in [0.15, 0.2) is 17.7 Å². The molecule has 11 nitrogen and oxygen atoms in total. The number of aliphatic hydroxyl groups is 3. The van der Waals surface area contributed by atoms with Gasteiger partial charge in [-0.05, 0) is 65.5 Å². The van der Waals surface area contributed by atoms with Gasteiger partial charge in [-0.25, -0.2) is 17.9 Å². The highest BCUT2D eigenvalue weighted by molar-refractivity contribution is 9.10. The van der Waals surface area contributed by atoms with Crippen molar-refractivity contribution in [2.24, 2.45) is 0 Å². The number of anilines is 1. The van der Waals surface area contributed by atoms with Crippen LogP contribution in [0.5, 0.6) is 0 Å². The predicted octanol–water partition coefficient (Wildman–Crippen LogP) is 2.62. The van der Waals surface area contributed by atoms with Gasteiger partial charge in [0.2, 0.25) is 0 Å². The first-order chi connectivity index (χ1) is 20.6. The average molecular weight is 666 g/mol. The zero-order chi connectivity index (χ0) is 31.0. The Balaban J connectivity index is 1.56. The fraction of sp³-hybridized carbons (Fsp3) is 0.429. The summed E-state index contributed by atoms with van der Waals surface area (Å²) in [5, 5.41) is 49.3. The SMILES string of the molecule is CO[C@@H]1[C@@H](n2cc(-c3ccc(Br)c(F)c3F)nn2)[C@@H](O)[C@@H](CO)O[C@H]1C(=O)N(c1cc(F)cc(C#N)c1)[C@H]1CCC[C@@H]1O. The number of aromatic nitrogens is 3. The molecule has 1 aliphatic carbocycles. The van der Waals surface area contributed by atoms with E-state index in [1.807, 2.05) is 6.07 Å². The fourth-order valence-corrected chi connectivity index (χ4v) is 6.05. The van der Waals surface area contributed by atoms with Crippen LogP contribution in [0.3, 0.4) is 0 Å². The van der Waals surface area contributed by atoms with Crippen LogP contribution in [0.25, 0.3) is 11.3 Å². The molecule has 0 spiro atoms. The van der Waals surface area contributed by atoms with Crippen LogP contribution in [0.1, 0.15) is 30.9 Å². The van der Waals surface area contributed by atoms with Gasteiger partial charge in [0, 0.05) is 18.4 Å². The van der Waals surface area contributed by atoms with Crippen molar-refractivity contribution in [3.8, 4) is 17.3 Å². The number of carbonyl (C=O) groups excluding carboxylic acids is 1. The molecule has 228 valence electrons. The molecule has 1 aliphatic heterocycles. The summed E-state index contributed by atoms with van der Waals surface area (Å²) in [4.78, 5) is 15.5. The minimum Gasteiger partial charge on any atom is -0.394 e. The van der Waals surface area contributed by atoms with Gasteiger partial charge in [-0.3, -0.25) is 4.79 Å². The quantitative estimate of drug-likeness (QED) is 0.323. The Labute approximate surface area is 252 Å². The molecule has 2 heterocycles. The van der Waals surface area contributed by atoms with Crippen LogP contribution in [-0.2, 0) is 14.3 Å². The molecular weight excluding hydrogens is 639 g/mol. The smallest absolute Gasteiger partial charge is 0.259 e. The van der Waals surface area contributed by atoms with E-state index in [4.69, 9.17) is 9.47 Å². The molecule has 2 fully saturated rings. The summed E-state index contributed by atoms with van der Waals surface area (Å²) in [6, 6.07) is 5.76. The molecule has 3 N–H and O–H groups in total. The largest absolute Gasteiger partial charge is 0.394 e. The molecule has 7 atom stereocenters. The highest BCUT2D eigenvalue weighted by Gasteiger charge is 2.52. The van der Waals surface area contributed by atoms with Gasteiger partial charge in [0.1, 0.15) is 35.9 Å². The van der Waals surface area contributed by atoms with Crippen LogP contribution >= 0.6 is 15.9 Å². The Kier molecular flexibility index (Phi) is 9.16. The van der Waals surface area contributed by atoms with E-state index in [1.165, 1.54) is 31.5 Å². The molecule has 3 aromatic rings. The van der Waals surface area contributed by atoms with Crippen molar-refractivity contribution in [1.82, 2.24) is 15.0 Å². The molecule has 0 bridgehead atoms. The van der Waals surface area contributed by atoms with Gasteiger partial charge in [-0.1, -0.05) is 5.21 Å². The molecule has 2 aromatic carbocycles. The minimum atomic E-state index is -1.54. The molecule has 0 unspecified atom stereocenters. The van der Waals surface area contributed by atoms with Crippen molar-refractivity contribution in [3.63, 3.8) is 0 Å². The molecular formula is C28H27BrF3N5O6. The lowest BCUT2D eigenvalue weighted by atomic mass is 9.91. The second-order valence-corrected chi connectivity index (χ2v) is 11.2. The van der Waals surface area contributed by atoms with E-state index in [0.717, 1.165) is 21.7 Å². The van der Waals surface area contributed by atoms with Crippen LogP contribution in [0.2, 0.25) is 0 Å². The van der Waals surface area contributed by atoms with Gasteiger partial charge in [-0.2, -0.15) is 5.26 Å². The fourth-order valence-electron chi connectivity index (χ4n) is 5.75. The predicted molar refractivity (Wildman–Crippen MR) is 147 cm³/mol. The molecule has 1 saturated carbocycles. The average Bonchev–Trinajstić information content (AvgIpc) is 3.64. The van der Waals surface area contributed by atoms with Gasteiger partial charge < -0.3 is 29.7 Å². The number of ether oxygens (including phenoxy) is 2. The summed E-state index contributed by atoms with van der Waals surface area (Å²) in [6.45, 7) is -0.726. The summed E-state index contributed by atoms with van der Waals surface area (Å²) in [5.41, 5.74) is -0.346. The third-order valence-corrected chi connectivity index (χ3v) is 8.42. The topological polar surface area (TPSA) is 154 Å². The monoisotopic (exact) mass is 665 g/mol. The van der Waals surface area contributed by atoms with E-state index in [2.05, 4.69) is 26.2 Å². The van der Waals surface area contributed by atoms with Crippen LogP contribution < -0.4 is 4.90 Å². The van der Waals surface area contributed by atoms with Crippen molar-refractivity contribution in [1.29, 1.82) is 5.26 Å². The van der Waals surface area contributed by atoms with Gasteiger partial charge in [-0.15, -0.1) is 5.10 Å². The Hall–Kier alpha value is -3.39. The number of halogens is 4. The zero-order valence-corrected chi connectivity index (χ0v) is 24.2. The van der Waals surface area contributed by atoms with Crippen molar-refractivity contribution < 1.29 is 42.8 Å². The van der Waals surface area contributed by atoms with Crippen LogP contribution in [0.4, 0.5) is 18.9 Å². The third-order valence-electron chi connectivity index (χ3n) is 7.81. The highest BCUT2D eigenvalue weighted by atomic mass is 79.9. The first kappa shape index (κ1) is 31.0. The standard InChI is InChI=1S/C28H27BrF3N5O6/c1-42-26-24(36-11-18(34-35-36)16-5-6-17(29)23(32)22(16)31)25(40)21(12-38)43-27(26)28(41)37(19-3-2-4-20(19)39)15-8-13(10-33)7-14(30)9-15/h5-9,11,19-21,24-27,38-40H,2-4,12H2,1H3/t19-,20-,21+,24-,25-,26+,27+/m0/s1. The number of amides is 1. The van der Waals surface area contributed by atoms with E-state index in [-0.39, 0.29) is 27.0 Å². The number of carbonyl (C=O) groups is 1. The number of benzene rings is 2. The van der Waals surface area contributed by atoms with Crippen LogP contribution in [0.15, 0.2) is 41.0 Å². The van der Waals surface area contributed by atoms with E-state index in [9.17, 15) is 38.5 Å². The lowest BCUT2D eigenvalue weighted by Crippen LogP contribution is -2.62. The molecule has 0 radical (unpaired) electrons. The molecule has 43 heavy (non-hydrogen) atoms. The van der Waals surface area contributed by atoms with Gasteiger partial charge >= 0.3 is 0 Å². The highest BCUT2D eigenvalue weighted by Crippen LogP contribution is 2.37. The van der Waals surface area contributed by atoms with Gasteiger partial charge in [0.05, 0.1) is 41.1 Å². The summed E-state index contributed by atoms with van der Waals surface area (Å²) >= 11 is 2.92. The van der Waals surface area contributed by atoms with Crippen molar-refractivity contribution >= 4 is 27.5 Å². The minimum absolute atomic E-state index is 0.00459. The Morgan fingerprint density at radius 3 is 2.65 bits per heavy atom. The Morgan fingerprint density at radius 1 is 1.23 bits per heavy atom. The second kappa shape index (κ2) is 12.7. The van der Waals surface area contributed by atoms with E-state index in [1.54, 1.807) is 0 Å². The molecule has 1 amide bonds. The normalized spacial score (nSPS) is 27.2. The van der Waals surface area contributed by atoms with Crippen molar-refractivity contribution in [2.75, 3.05) is 18.6 Å². The number of rotatable bonds is 7. The molecule has 2 aliphatic rings. The third kappa shape index (κ3) is 5.78. The van der Waals surface area contributed by atoms with Crippen LogP contribution in [-0.4, -0.2) is 86.5 Å². The van der Waals surface area contributed by atoms with Crippen molar-refractivity contribution in [3.05, 3.63) is 64.0 Å². The maximum atomic E-state index is 14.7. The lowest BCUT2D eigenvalue weighted by molar-refractivity contribution is -0.211. The van der Waals surface area contributed by atoms with Crippen LogP contribution in [0, 0.1) is 28.8 Å². The number of nitrogens with zero attached hydrogens (tertiary/aromatic N) is 5.